The molecule has 3 aromatic heterocycles. The van der Waals surface area contributed by atoms with Crippen molar-refractivity contribution >= 4 is 43.6 Å². The van der Waals surface area contributed by atoms with Crippen LogP contribution in [-0.2, 0) is 26.5 Å². The van der Waals surface area contributed by atoms with E-state index in [2.05, 4.69) is 174 Å². The Morgan fingerprint density at radius 3 is 1.90 bits per heavy atom. The maximum Gasteiger partial charge on any atom is 0.135 e. The van der Waals surface area contributed by atoms with Crippen LogP contribution in [0, 0.1) is 12.1 Å². The summed E-state index contributed by atoms with van der Waals surface area (Å²) in [5.74, 6) is 2.05. The summed E-state index contributed by atoms with van der Waals surface area (Å²) in [5.41, 5.74) is 7.27. The van der Waals surface area contributed by atoms with E-state index in [1.54, 1.807) is 0 Å². The zero-order valence-corrected chi connectivity index (χ0v) is 31.3. The van der Waals surface area contributed by atoms with Gasteiger partial charge in [-0.1, -0.05) is 123 Å². The van der Waals surface area contributed by atoms with Crippen LogP contribution >= 0.6 is 0 Å². The fourth-order valence-electron chi connectivity index (χ4n) is 6.98. The van der Waals surface area contributed by atoms with Gasteiger partial charge in [-0.05, 0) is 62.1 Å². The number of hydrogen-bond donors (Lipinski definition) is 0. The smallest absolute Gasteiger partial charge is 0.135 e. The third-order valence-corrected chi connectivity index (χ3v) is 9.51. The van der Waals surface area contributed by atoms with Crippen LogP contribution in [0.1, 0.15) is 26.3 Å². The van der Waals surface area contributed by atoms with E-state index in [9.17, 15) is 0 Å². The second-order valence-electron chi connectivity index (χ2n) is 13.8. The summed E-state index contributed by atoms with van der Waals surface area (Å²) in [6.07, 6.45) is 4.04. The van der Waals surface area contributed by atoms with Crippen molar-refractivity contribution in [3.8, 4) is 28.7 Å². The van der Waals surface area contributed by atoms with Crippen molar-refractivity contribution in [2.45, 2.75) is 26.2 Å². The molecular formula is C46H35N4OPt-3. The van der Waals surface area contributed by atoms with E-state index < -0.39 is 0 Å². The number of ether oxygens (including phenoxy) is 1. The Morgan fingerprint density at radius 2 is 1.19 bits per heavy atom. The van der Waals surface area contributed by atoms with E-state index in [1.165, 1.54) is 5.56 Å². The normalized spacial score (nSPS) is 11.6. The quantitative estimate of drug-likeness (QED) is 0.162. The second kappa shape index (κ2) is 13.4. The summed E-state index contributed by atoms with van der Waals surface area (Å²) < 4.78 is 13.2. The summed E-state index contributed by atoms with van der Waals surface area (Å²) >= 11 is 0. The first kappa shape index (κ1) is 33.4. The van der Waals surface area contributed by atoms with Gasteiger partial charge in [-0.3, -0.25) is 0 Å². The molecule has 52 heavy (non-hydrogen) atoms. The zero-order valence-electron chi connectivity index (χ0n) is 29.0. The minimum absolute atomic E-state index is 0. The zero-order chi connectivity index (χ0) is 34.5. The molecule has 0 atom stereocenters. The summed E-state index contributed by atoms with van der Waals surface area (Å²) in [5, 5.41) is 4.53. The number of para-hydroxylation sites is 4. The Bertz CT molecular complexity index is 2780. The summed E-state index contributed by atoms with van der Waals surface area (Å²) in [6, 6.07) is 57.5. The van der Waals surface area contributed by atoms with Crippen LogP contribution in [0.3, 0.4) is 0 Å². The van der Waals surface area contributed by atoms with Crippen LogP contribution in [0.2, 0.25) is 0 Å². The SMILES string of the molecule is CC(C)(C)c1ccnc(-n2c3[c-]c(Oc4[c-]c(-n5[cH-]n(-c6ccccc6)c6ccccc6c6ccccc65)ccc4)ccc3c3ccccc32)c1.[Pt]. The molecule has 258 valence electrons. The predicted molar refractivity (Wildman–Crippen MR) is 208 cm³/mol. The molecule has 0 saturated heterocycles. The van der Waals surface area contributed by atoms with E-state index in [-0.39, 0.29) is 26.5 Å². The number of benzene rings is 6. The van der Waals surface area contributed by atoms with Crippen molar-refractivity contribution in [3.05, 3.63) is 176 Å². The third-order valence-electron chi connectivity index (χ3n) is 9.51. The van der Waals surface area contributed by atoms with Gasteiger partial charge in [-0.15, -0.1) is 29.3 Å². The maximum absolute atomic E-state index is 6.58. The molecule has 6 aromatic carbocycles. The molecule has 9 rings (SSSR count). The molecule has 0 N–H and O–H groups in total. The van der Waals surface area contributed by atoms with E-state index >= 15 is 0 Å². The Labute approximate surface area is 317 Å². The first-order valence-electron chi connectivity index (χ1n) is 17.2. The van der Waals surface area contributed by atoms with Crippen molar-refractivity contribution < 1.29 is 25.8 Å². The molecule has 3 heterocycles. The van der Waals surface area contributed by atoms with Gasteiger partial charge in [-0.25, -0.2) is 4.98 Å². The van der Waals surface area contributed by atoms with Gasteiger partial charge >= 0.3 is 0 Å². The number of pyridine rings is 1. The Morgan fingerprint density at radius 1 is 0.577 bits per heavy atom. The molecule has 0 saturated carbocycles. The van der Waals surface area contributed by atoms with E-state index in [0.717, 1.165) is 60.8 Å². The third kappa shape index (κ3) is 5.91. The van der Waals surface area contributed by atoms with Gasteiger partial charge in [0.25, 0.3) is 0 Å². The van der Waals surface area contributed by atoms with Gasteiger partial charge in [0.15, 0.2) is 0 Å². The molecule has 0 bridgehead atoms. The van der Waals surface area contributed by atoms with Crippen LogP contribution in [0.5, 0.6) is 11.5 Å². The number of hydrogen-bond acceptors (Lipinski definition) is 2. The van der Waals surface area contributed by atoms with Gasteiger partial charge < -0.3 is 18.4 Å². The molecular weight excluding hydrogens is 820 g/mol. The van der Waals surface area contributed by atoms with Crippen molar-refractivity contribution in [3.63, 3.8) is 0 Å². The molecule has 0 aliphatic carbocycles. The maximum atomic E-state index is 6.58. The monoisotopic (exact) mass is 854 g/mol. The minimum Gasteiger partial charge on any atom is -0.510 e. The Hall–Kier alpha value is -5.77. The summed E-state index contributed by atoms with van der Waals surface area (Å²) in [7, 11) is 0. The molecule has 9 aromatic rings. The average molecular weight is 855 g/mol. The Balaban J connectivity index is 0.00000387. The minimum atomic E-state index is -0.0124. The number of aromatic nitrogens is 4. The van der Waals surface area contributed by atoms with Crippen molar-refractivity contribution in [1.82, 2.24) is 18.7 Å². The first-order chi connectivity index (χ1) is 24.9. The van der Waals surface area contributed by atoms with Gasteiger partial charge in [0.1, 0.15) is 5.82 Å². The largest absolute Gasteiger partial charge is 0.510 e. The number of rotatable bonds is 5. The molecule has 5 nitrogen and oxygen atoms in total. The molecule has 0 unspecified atom stereocenters. The predicted octanol–water partition coefficient (Wildman–Crippen LogP) is 11.6. The first-order valence-corrected chi connectivity index (χ1v) is 17.2. The molecule has 0 aliphatic rings. The average Bonchev–Trinajstić information content (AvgIpc) is 3.40. The van der Waals surface area contributed by atoms with Crippen LogP contribution in [0.15, 0.2) is 158 Å². The summed E-state index contributed by atoms with van der Waals surface area (Å²) in [6.45, 7) is 6.67. The molecule has 0 fully saturated rings. The Kier molecular flexibility index (Phi) is 8.61. The molecule has 0 spiro atoms. The van der Waals surface area contributed by atoms with Gasteiger partial charge in [0, 0.05) is 50.6 Å². The molecule has 0 aliphatic heterocycles. The van der Waals surface area contributed by atoms with E-state index in [4.69, 9.17) is 9.72 Å². The van der Waals surface area contributed by atoms with E-state index in [1.807, 2.05) is 30.5 Å². The van der Waals surface area contributed by atoms with Crippen LogP contribution < -0.4 is 4.74 Å². The van der Waals surface area contributed by atoms with Crippen molar-refractivity contribution in [1.29, 1.82) is 0 Å². The van der Waals surface area contributed by atoms with Crippen molar-refractivity contribution in [2.75, 3.05) is 0 Å². The van der Waals surface area contributed by atoms with Gasteiger partial charge in [0.05, 0.1) is 0 Å². The topological polar surface area (TPSA) is 36.9 Å². The van der Waals surface area contributed by atoms with E-state index in [0.29, 0.717) is 11.5 Å². The fourth-order valence-corrected chi connectivity index (χ4v) is 6.98. The van der Waals surface area contributed by atoms with Crippen LogP contribution in [0.25, 0.3) is 60.8 Å². The van der Waals surface area contributed by atoms with Gasteiger partial charge in [0.2, 0.25) is 0 Å². The van der Waals surface area contributed by atoms with Gasteiger partial charge in [-0.2, -0.15) is 24.3 Å². The summed E-state index contributed by atoms with van der Waals surface area (Å²) in [4.78, 5) is 4.82. The standard InChI is InChI=1S/C46H35N4O.Pt/c1-46(2,3)32-26-27-47-45(28-32)50-43-23-12-9-20-39(43)40-25-24-36(30-44(40)50)51-35-17-13-16-34(29-35)49-31-48(33-14-5-4-6-15-33)41-21-10-7-18-37(41)38-19-8-11-22-42(38)49;/h4-28,31H,1-3H3;/q-3;. The molecule has 6 heteroatoms. The van der Waals surface area contributed by atoms with Crippen LogP contribution in [0.4, 0.5) is 0 Å². The molecule has 0 radical (unpaired) electrons. The fraction of sp³-hybridized carbons (Fsp3) is 0.0870. The van der Waals surface area contributed by atoms with Crippen LogP contribution in [-0.4, -0.2) is 18.7 Å². The molecule has 0 amide bonds. The number of fused-ring (bicyclic) bond motifs is 6. The second-order valence-corrected chi connectivity index (χ2v) is 13.8. The number of nitrogens with zero attached hydrogens (tertiary/aromatic N) is 4. The van der Waals surface area contributed by atoms with Crippen molar-refractivity contribution in [2.24, 2.45) is 0 Å².